The molecule has 2 rings (SSSR count). The van der Waals surface area contributed by atoms with Crippen LogP contribution in [0.3, 0.4) is 0 Å². The molecule has 0 saturated heterocycles. The summed E-state index contributed by atoms with van der Waals surface area (Å²) < 4.78 is 9.76. The van der Waals surface area contributed by atoms with Gasteiger partial charge in [-0.3, -0.25) is 14.4 Å². The lowest BCUT2D eigenvalue weighted by Gasteiger charge is -2.02. The molecule has 0 fully saturated rings. The lowest BCUT2D eigenvalue weighted by Crippen LogP contribution is -2.01. The maximum Gasteiger partial charge on any atom is 0.315 e. The largest absolute Gasteiger partial charge is 0.481 e. The van der Waals surface area contributed by atoms with Crippen molar-refractivity contribution in [3.8, 4) is 11.5 Å². The van der Waals surface area contributed by atoms with Gasteiger partial charge in [0.2, 0.25) is 0 Å². The normalized spacial score (nSPS) is 11.8. The van der Waals surface area contributed by atoms with Gasteiger partial charge < -0.3 is 14.6 Å². The van der Waals surface area contributed by atoms with Crippen molar-refractivity contribution in [1.82, 2.24) is 0 Å². The first-order valence-corrected chi connectivity index (χ1v) is 5.10. The van der Waals surface area contributed by atoms with E-state index in [1.54, 1.807) is 18.2 Å². The van der Waals surface area contributed by atoms with E-state index >= 15 is 0 Å². The highest BCUT2D eigenvalue weighted by atomic mass is 16.5. The Hall–Kier alpha value is -2.37. The van der Waals surface area contributed by atoms with Crippen molar-refractivity contribution in [1.29, 1.82) is 0 Å². The van der Waals surface area contributed by atoms with Crippen LogP contribution in [0.2, 0.25) is 0 Å². The van der Waals surface area contributed by atoms with Gasteiger partial charge in [-0.1, -0.05) is 0 Å². The van der Waals surface area contributed by atoms with Gasteiger partial charge in [0.05, 0.1) is 6.42 Å². The number of esters is 2. The molecular weight excluding hydrogens is 240 g/mol. The van der Waals surface area contributed by atoms with Crippen LogP contribution in [0, 0.1) is 0 Å². The Morgan fingerprint density at radius 2 is 1.94 bits per heavy atom. The first kappa shape index (κ1) is 13.7. The molecule has 6 nitrogen and oxygen atoms in total. The highest BCUT2D eigenvalue weighted by Gasteiger charge is 2.20. The molecular formula is C12H12O6. The van der Waals surface area contributed by atoms with E-state index in [1.807, 2.05) is 0 Å². The second kappa shape index (κ2) is 5.81. The molecule has 1 aromatic carbocycles. The maximum absolute atomic E-state index is 10.9. The SMILES string of the molecule is CC(=O)O.CC(=O)Oc1ccc2c(c1)CC(=O)O2. The van der Waals surface area contributed by atoms with Crippen LogP contribution in [-0.2, 0) is 20.8 Å². The van der Waals surface area contributed by atoms with Gasteiger partial charge in [-0.05, 0) is 18.2 Å². The fourth-order valence-electron chi connectivity index (χ4n) is 1.34. The summed E-state index contributed by atoms with van der Waals surface area (Å²) in [6.45, 7) is 2.41. The molecule has 0 spiro atoms. The molecule has 0 radical (unpaired) electrons. The summed E-state index contributed by atoms with van der Waals surface area (Å²) >= 11 is 0. The van der Waals surface area contributed by atoms with Crippen LogP contribution >= 0.6 is 0 Å². The van der Waals surface area contributed by atoms with Gasteiger partial charge in [-0.15, -0.1) is 0 Å². The zero-order valence-corrected chi connectivity index (χ0v) is 9.93. The van der Waals surface area contributed by atoms with Crippen LogP contribution in [0.15, 0.2) is 18.2 Å². The summed E-state index contributed by atoms with van der Waals surface area (Å²) in [6, 6.07) is 4.86. The van der Waals surface area contributed by atoms with Gasteiger partial charge in [-0.2, -0.15) is 0 Å². The molecule has 0 bridgehead atoms. The minimum atomic E-state index is -0.833. The van der Waals surface area contributed by atoms with Crippen LogP contribution in [0.1, 0.15) is 19.4 Å². The first-order chi connectivity index (χ1) is 8.38. The molecule has 0 aromatic heterocycles. The third-order valence-electron chi connectivity index (χ3n) is 1.85. The Morgan fingerprint density at radius 1 is 1.33 bits per heavy atom. The molecule has 1 aliphatic rings. The molecule has 18 heavy (non-hydrogen) atoms. The molecule has 96 valence electrons. The van der Waals surface area contributed by atoms with Gasteiger partial charge in [-0.25, -0.2) is 0 Å². The molecule has 0 aliphatic carbocycles. The summed E-state index contributed by atoms with van der Waals surface area (Å²) in [6.07, 6.45) is 0.241. The Labute approximate surface area is 103 Å². The van der Waals surface area contributed by atoms with E-state index in [2.05, 4.69) is 0 Å². The molecule has 1 aromatic rings. The average Bonchev–Trinajstić information content (AvgIpc) is 2.55. The number of aliphatic carboxylic acids is 1. The van der Waals surface area contributed by atoms with Gasteiger partial charge in [0, 0.05) is 19.4 Å². The van der Waals surface area contributed by atoms with Crippen LogP contribution in [0.5, 0.6) is 11.5 Å². The smallest absolute Gasteiger partial charge is 0.315 e. The van der Waals surface area contributed by atoms with E-state index in [-0.39, 0.29) is 18.4 Å². The second-order valence-electron chi connectivity index (χ2n) is 3.53. The third-order valence-corrected chi connectivity index (χ3v) is 1.85. The lowest BCUT2D eigenvalue weighted by molar-refractivity contribution is -0.134. The number of benzene rings is 1. The lowest BCUT2D eigenvalue weighted by atomic mass is 10.1. The Bertz CT molecular complexity index is 487. The topological polar surface area (TPSA) is 89.9 Å². The minimum absolute atomic E-state index is 0.241. The van der Waals surface area contributed by atoms with E-state index in [0.717, 1.165) is 12.5 Å². The monoisotopic (exact) mass is 252 g/mol. The van der Waals surface area contributed by atoms with Crippen molar-refractivity contribution >= 4 is 17.9 Å². The predicted molar refractivity (Wildman–Crippen MR) is 60.4 cm³/mol. The van der Waals surface area contributed by atoms with Crippen LogP contribution < -0.4 is 9.47 Å². The van der Waals surface area contributed by atoms with Gasteiger partial charge in [0.1, 0.15) is 11.5 Å². The summed E-state index contributed by atoms with van der Waals surface area (Å²) in [5, 5.41) is 7.42. The Kier molecular flexibility index (Phi) is 4.42. The average molecular weight is 252 g/mol. The van der Waals surface area contributed by atoms with Crippen molar-refractivity contribution in [2.24, 2.45) is 0 Å². The number of carbonyl (C=O) groups excluding carboxylic acids is 2. The van der Waals surface area contributed by atoms with Crippen LogP contribution in [0.4, 0.5) is 0 Å². The summed E-state index contributed by atoms with van der Waals surface area (Å²) in [4.78, 5) is 30.6. The number of rotatable bonds is 1. The predicted octanol–water partition coefficient (Wildman–Crippen LogP) is 1.16. The highest BCUT2D eigenvalue weighted by Crippen LogP contribution is 2.29. The van der Waals surface area contributed by atoms with Crippen LogP contribution in [0.25, 0.3) is 0 Å². The van der Waals surface area contributed by atoms with E-state index in [9.17, 15) is 9.59 Å². The van der Waals surface area contributed by atoms with Gasteiger partial charge in [0.25, 0.3) is 5.97 Å². The molecule has 0 saturated carbocycles. The number of ether oxygens (including phenoxy) is 2. The Balaban J connectivity index is 0.000000357. The zero-order chi connectivity index (χ0) is 13.7. The van der Waals surface area contributed by atoms with E-state index < -0.39 is 5.97 Å². The van der Waals surface area contributed by atoms with Crippen molar-refractivity contribution in [3.05, 3.63) is 23.8 Å². The standard InChI is InChI=1S/C10H8O4.C2H4O2/c1-6(11)13-8-2-3-9-7(4-8)5-10(12)14-9;1-2(3)4/h2-4H,5H2,1H3;1H3,(H,3,4). The molecule has 1 heterocycles. The van der Waals surface area contributed by atoms with Crippen molar-refractivity contribution in [2.75, 3.05) is 0 Å². The van der Waals surface area contributed by atoms with Gasteiger partial charge in [0.15, 0.2) is 0 Å². The molecule has 6 heteroatoms. The van der Waals surface area contributed by atoms with E-state index in [4.69, 9.17) is 19.4 Å². The van der Waals surface area contributed by atoms with E-state index in [0.29, 0.717) is 11.5 Å². The van der Waals surface area contributed by atoms with Crippen molar-refractivity contribution in [2.45, 2.75) is 20.3 Å². The van der Waals surface area contributed by atoms with Gasteiger partial charge >= 0.3 is 11.9 Å². The van der Waals surface area contributed by atoms with Crippen molar-refractivity contribution in [3.63, 3.8) is 0 Å². The highest BCUT2D eigenvalue weighted by molar-refractivity contribution is 5.81. The fraction of sp³-hybridized carbons (Fsp3) is 0.250. The molecule has 0 amide bonds. The number of fused-ring (bicyclic) bond motifs is 1. The van der Waals surface area contributed by atoms with Crippen LogP contribution in [-0.4, -0.2) is 23.0 Å². The zero-order valence-electron chi connectivity index (χ0n) is 9.93. The second-order valence-corrected chi connectivity index (χ2v) is 3.53. The third kappa shape index (κ3) is 4.25. The fourth-order valence-corrected chi connectivity index (χ4v) is 1.34. The number of hydrogen-bond donors (Lipinski definition) is 1. The molecule has 1 aliphatic heterocycles. The maximum atomic E-state index is 10.9. The quantitative estimate of drug-likeness (QED) is 0.596. The number of carboxylic acid groups (broad SMARTS) is 1. The summed E-state index contributed by atoms with van der Waals surface area (Å²) in [5.41, 5.74) is 0.758. The van der Waals surface area contributed by atoms with E-state index in [1.165, 1.54) is 6.92 Å². The number of carbonyl (C=O) groups is 3. The molecule has 1 N–H and O–H groups in total. The summed E-state index contributed by atoms with van der Waals surface area (Å²) in [5.74, 6) is -0.504. The first-order valence-electron chi connectivity index (χ1n) is 5.10. The molecule has 0 unspecified atom stereocenters. The molecule has 0 atom stereocenters. The Morgan fingerprint density at radius 3 is 2.50 bits per heavy atom. The number of carboxylic acids is 1. The minimum Gasteiger partial charge on any atom is -0.481 e. The van der Waals surface area contributed by atoms with Crippen molar-refractivity contribution < 1.29 is 29.0 Å². The number of hydrogen-bond acceptors (Lipinski definition) is 5. The summed E-state index contributed by atoms with van der Waals surface area (Å²) in [7, 11) is 0.